The van der Waals surface area contributed by atoms with E-state index in [0.717, 1.165) is 13.1 Å². The number of hydrogen-bond donors (Lipinski definition) is 2. The molecule has 0 heterocycles. The fourth-order valence-electron chi connectivity index (χ4n) is 1.69. The van der Waals surface area contributed by atoms with Crippen LogP contribution in [0.4, 0.5) is 10.1 Å². The van der Waals surface area contributed by atoms with Crippen molar-refractivity contribution in [3.8, 4) is 0 Å². The van der Waals surface area contributed by atoms with E-state index in [-0.39, 0.29) is 5.69 Å². The van der Waals surface area contributed by atoms with Crippen LogP contribution in [-0.4, -0.2) is 39.4 Å². The van der Waals surface area contributed by atoms with E-state index in [1.807, 2.05) is 6.92 Å². The molecule has 0 aliphatic rings. The van der Waals surface area contributed by atoms with Gasteiger partial charge in [0.1, 0.15) is 5.82 Å². The third kappa shape index (κ3) is 4.73. The third-order valence-electron chi connectivity index (χ3n) is 2.94. The second kappa shape index (κ2) is 7.56. The Morgan fingerprint density at radius 3 is 2.65 bits per heavy atom. The van der Waals surface area contributed by atoms with E-state index in [2.05, 4.69) is 10.0 Å². The minimum absolute atomic E-state index is 0.00559. The highest BCUT2D eigenvalue weighted by Crippen LogP contribution is 2.20. The second-order valence-electron chi connectivity index (χ2n) is 4.57. The van der Waals surface area contributed by atoms with Crippen molar-refractivity contribution < 1.29 is 12.8 Å². The third-order valence-corrected chi connectivity index (χ3v) is 4.41. The smallest absolute Gasteiger partial charge is 0.301 e. The van der Waals surface area contributed by atoms with Gasteiger partial charge in [-0.1, -0.05) is 19.1 Å². The number of rotatable bonds is 8. The van der Waals surface area contributed by atoms with E-state index in [4.69, 9.17) is 0 Å². The van der Waals surface area contributed by atoms with Crippen LogP contribution in [0.1, 0.15) is 18.9 Å². The summed E-state index contributed by atoms with van der Waals surface area (Å²) in [5, 5.41) is 3.12. The lowest BCUT2D eigenvalue weighted by Gasteiger charge is -2.19. The Morgan fingerprint density at radius 2 is 2.05 bits per heavy atom. The summed E-state index contributed by atoms with van der Waals surface area (Å²) in [6.45, 7) is 5.61. The van der Waals surface area contributed by atoms with Crippen LogP contribution in [0.15, 0.2) is 18.2 Å². The lowest BCUT2D eigenvalue weighted by atomic mass is 10.2. The first-order chi connectivity index (χ1) is 9.38. The number of aryl methyl sites for hydroxylation is 1. The van der Waals surface area contributed by atoms with Crippen LogP contribution in [0.5, 0.6) is 0 Å². The molecule has 1 aromatic rings. The van der Waals surface area contributed by atoms with Gasteiger partial charge >= 0.3 is 10.2 Å². The predicted molar refractivity (Wildman–Crippen MR) is 79.5 cm³/mol. The van der Waals surface area contributed by atoms with E-state index in [1.54, 1.807) is 19.1 Å². The highest BCUT2D eigenvalue weighted by Gasteiger charge is 2.19. The number of hydrogen-bond acceptors (Lipinski definition) is 3. The van der Waals surface area contributed by atoms with Crippen molar-refractivity contribution in [2.75, 3.05) is 31.4 Å². The minimum Gasteiger partial charge on any atom is -0.317 e. The first-order valence-electron chi connectivity index (χ1n) is 6.58. The zero-order valence-electron chi connectivity index (χ0n) is 12.1. The average molecular weight is 303 g/mol. The van der Waals surface area contributed by atoms with Crippen molar-refractivity contribution in [2.24, 2.45) is 0 Å². The topological polar surface area (TPSA) is 61.4 Å². The fraction of sp³-hybridized carbons (Fsp3) is 0.538. The Kier molecular flexibility index (Phi) is 6.38. The van der Waals surface area contributed by atoms with Gasteiger partial charge < -0.3 is 5.32 Å². The lowest BCUT2D eigenvalue weighted by Crippen LogP contribution is -2.35. The number of para-hydroxylation sites is 1. The molecule has 5 nitrogen and oxygen atoms in total. The maximum absolute atomic E-state index is 13.6. The number of benzene rings is 1. The van der Waals surface area contributed by atoms with E-state index in [1.165, 1.54) is 17.4 Å². The standard InChI is InChI=1S/C13H22FN3O2S/c1-4-15-9-6-10-17(3)20(18,19)16-13-11(2)7-5-8-12(13)14/h5,7-8,15-16H,4,6,9-10H2,1-3H3. The minimum atomic E-state index is -3.73. The van der Waals surface area contributed by atoms with Crippen molar-refractivity contribution in [1.29, 1.82) is 0 Å². The number of nitrogens with one attached hydrogen (secondary N) is 2. The Bertz CT molecular complexity index is 514. The normalized spacial score (nSPS) is 11.8. The molecule has 0 aliphatic carbocycles. The van der Waals surface area contributed by atoms with Crippen molar-refractivity contribution >= 4 is 15.9 Å². The lowest BCUT2D eigenvalue weighted by molar-refractivity contribution is 0.459. The molecule has 0 radical (unpaired) electrons. The molecule has 0 saturated carbocycles. The highest BCUT2D eigenvalue weighted by molar-refractivity contribution is 7.90. The summed E-state index contributed by atoms with van der Waals surface area (Å²) < 4.78 is 41.3. The molecule has 0 amide bonds. The van der Waals surface area contributed by atoms with Gasteiger partial charge in [-0.05, 0) is 38.1 Å². The van der Waals surface area contributed by atoms with E-state index in [0.29, 0.717) is 18.5 Å². The summed E-state index contributed by atoms with van der Waals surface area (Å²) in [4.78, 5) is 0. The molecule has 0 fully saturated rings. The van der Waals surface area contributed by atoms with Crippen LogP contribution in [-0.2, 0) is 10.2 Å². The van der Waals surface area contributed by atoms with Crippen LogP contribution in [0, 0.1) is 12.7 Å². The van der Waals surface area contributed by atoms with Crippen molar-refractivity contribution in [2.45, 2.75) is 20.3 Å². The van der Waals surface area contributed by atoms with Crippen LogP contribution in [0.25, 0.3) is 0 Å². The summed E-state index contributed by atoms with van der Waals surface area (Å²) in [6.07, 6.45) is 0.696. The fourth-order valence-corrected chi connectivity index (χ4v) is 2.73. The van der Waals surface area contributed by atoms with Crippen molar-refractivity contribution in [3.05, 3.63) is 29.6 Å². The van der Waals surface area contributed by atoms with Gasteiger partial charge in [-0.15, -0.1) is 0 Å². The Morgan fingerprint density at radius 1 is 1.35 bits per heavy atom. The van der Waals surface area contributed by atoms with Gasteiger partial charge in [-0.25, -0.2) is 4.39 Å². The Balaban J connectivity index is 2.69. The van der Waals surface area contributed by atoms with Gasteiger partial charge in [0.15, 0.2) is 0 Å². The van der Waals surface area contributed by atoms with Crippen LogP contribution < -0.4 is 10.0 Å². The van der Waals surface area contributed by atoms with E-state index in [9.17, 15) is 12.8 Å². The van der Waals surface area contributed by atoms with Gasteiger partial charge in [0, 0.05) is 13.6 Å². The predicted octanol–water partition coefficient (Wildman–Crippen LogP) is 1.72. The molecule has 0 atom stereocenters. The van der Waals surface area contributed by atoms with Crippen LogP contribution in [0.2, 0.25) is 0 Å². The first-order valence-corrected chi connectivity index (χ1v) is 8.02. The van der Waals surface area contributed by atoms with Crippen LogP contribution >= 0.6 is 0 Å². The van der Waals surface area contributed by atoms with Gasteiger partial charge in [-0.3, -0.25) is 4.72 Å². The molecule has 0 unspecified atom stereocenters. The molecule has 1 rings (SSSR count). The maximum atomic E-state index is 13.6. The van der Waals surface area contributed by atoms with Gasteiger partial charge in [0.25, 0.3) is 0 Å². The molecule has 20 heavy (non-hydrogen) atoms. The molecule has 0 aromatic heterocycles. The molecule has 0 spiro atoms. The van der Waals surface area contributed by atoms with Gasteiger partial charge in [0.05, 0.1) is 5.69 Å². The molecule has 1 aromatic carbocycles. The summed E-state index contributed by atoms with van der Waals surface area (Å²) in [5.74, 6) is -0.574. The zero-order chi connectivity index (χ0) is 15.2. The molecule has 0 aliphatic heterocycles. The molecule has 0 saturated heterocycles. The summed E-state index contributed by atoms with van der Waals surface area (Å²) >= 11 is 0. The van der Waals surface area contributed by atoms with Crippen molar-refractivity contribution in [3.63, 3.8) is 0 Å². The van der Waals surface area contributed by atoms with Gasteiger partial charge in [0.2, 0.25) is 0 Å². The molecule has 114 valence electrons. The number of halogens is 1. The Hall–Kier alpha value is -1.18. The molecular formula is C13H22FN3O2S. The first kappa shape index (κ1) is 16.9. The zero-order valence-corrected chi connectivity index (χ0v) is 12.9. The summed E-state index contributed by atoms with van der Waals surface area (Å²) in [7, 11) is -2.25. The number of nitrogens with zero attached hydrogens (tertiary/aromatic N) is 1. The van der Waals surface area contributed by atoms with Crippen molar-refractivity contribution in [1.82, 2.24) is 9.62 Å². The Labute approximate surface area is 120 Å². The quantitative estimate of drug-likeness (QED) is 0.719. The highest BCUT2D eigenvalue weighted by atomic mass is 32.2. The van der Waals surface area contributed by atoms with E-state index >= 15 is 0 Å². The van der Waals surface area contributed by atoms with Crippen LogP contribution in [0.3, 0.4) is 0 Å². The van der Waals surface area contributed by atoms with Gasteiger partial charge in [-0.2, -0.15) is 12.7 Å². The summed E-state index contributed by atoms with van der Waals surface area (Å²) in [6, 6.07) is 4.44. The van der Waals surface area contributed by atoms with E-state index < -0.39 is 16.0 Å². The molecule has 7 heteroatoms. The second-order valence-corrected chi connectivity index (χ2v) is 6.35. The molecule has 0 bridgehead atoms. The molecule has 2 N–H and O–H groups in total. The maximum Gasteiger partial charge on any atom is 0.301 e. The largest absolute Gasteiger partial charge is 0.317 e. The monoisotopic (exact) mass is 303 g/mol. The summed E-state index contributed by atoms with van der Waals surface area (Å²) in [5.41, 5.74) is 0.556. The average Bonchev–Trinajstić information content (AvgIpc) is 2.39. The number of anilines is 1. The SMILES string of the molecule is CCNCCCN(C)S(=O)(=O)Nc1c(C)cccc1F. The molecular weight excluding hydrogens is 281 g/mol.